The van der Waals surface area contributed by atoms with Crippen molar-refractivity contribution in [3.05, 3.63) is 29.8 Å². The topological polar surface area (TPSA) is 58.2 Å². The highest BCUT2D eigenvalue weighted by molar-refractivity contribution is 5.99. The van der Waals surface area contributed by atoms with Gasteiger partial charge in [-0.1, -0.05) is 6.07 Å². The number of halogens is 5. The van der Waals surface area contributed by atoms with Crippen molar-refractivity contribution in [2.75, 3.05) is 11.9 Å². The van der Waals surface area contributed by atoms with E-state index in [-0.39, 0.29) is 11.3 Å². The number of carbonyl (C=O) groups excluding carboxylic acids is 2. The lowest BCUT2D eigenvalue weighted by molar-refractivity contribution is -0.267. The van der Waals surface area contributed by atoms with Gasteiger partial charge in [-0.15, -0.1) is 0 Å². The third kappa shape index (κ3) is 3.89. The smallest absolute Gasteiger partial charge is 0.352 e. The Bertz CT molecular complexity index is 543. The zero-order valence-corrected chi connectivity index (χ0v) is 10.7. The number of benzene rings is 1. The van der Waals surface area contributed by atoms with Crippen molar-refractivity contribution < 1.29 is 31.5 Å². The first kappa shape index (κ1) is 16.9. The molecule has 0 aliphatic carbocycles. The Labute approximate surface area is 116 Å². The summed E-state index contributed by atoms with van der Waals surface area (Å²) >= 11 is 0. The molecule has 1 rings (SSSR count). The molecule has 0 aliphatic heterocycles. The first-order valence-electron chi connectivity index (χ1n) is 5.74. The van der Waals surface area contributed by atoms with Crippen LogP contribution >= 0.6 is 0 Å². The van der Waals surface area contributed by atoms with E-state index in [1.165, 1.54) is 17.4 Å². The first-order valence-corrected chi connectivity index (χ1v) is 5.74. The second-order valence-electron chi connectivity index (χ2n) is 3.97. The third-order valence-corrected chi connectivity index (χ3v) is 2.36. The summed E-state index contributed by atoms with van der Waals surface area (Å²) in [6.45, 7) is 1.95. The van der Waals surface area contributed by atoms with Crippen molar-refractivity contribution in [1.29, 1.82) is 0 Å². The lowest BCUT2D eigenvalue weighted by Crippen LogP contribution is -2.47. The van der Waals surface area contributed by atoms with E-state index in [0.29, 0.717) is 6.54 Å². The molecule has 1 aromatic carbocycles. The molecule has 0 heterocycles. The highest BCUT2D eigenvalue weighted by Gasteiger charge is 2.63. The van der Waals surface area contributed by atoms with Crippen molar-refractivity contribution >= 4 is 17.5 Å². The van der Waals surface area contributed by atoms with Gasteiger partial charge in [0.2, 0.25) is 0 Å². The van der Waals surface area contributed by atoms with E-state index in [2.05, 4.69) is 5.32 Å². The molecule has 0 aromatic heterocycles. The second kappa shape index (κ2) is 6.06. The molecule has 0 radical (unpaired) electrons. The molecule has 9 heteroatoms. The van der Waals surface area contributed by atoms with Crippen molar-refractivity contribution in [2.24, 2.45) is 0 Å². The van der Waals surface area contributed by atoms with Crippen molar-refractivity contribution in [2.45, 2.75) is 19.0 Å². The van der Waals surface area contributed by atoms with Gasteiger partial charge in [0.25, 0.3) is 5.91 Å². The van der Waals surface area contributed by atoms with Gasteiger partial charge in [-0.2, -0.15) is 22.0 Å². The maximum Gasteiger partial charge on any atom is 0.463 e. The molecular weight excluding hydrogens is 299 g/mol. The predicted octanol–water partition coefficient (Wildman–Crippen LogP) is 2.57. The summed E-state index contributed by atoms with van der Waals surface area (Å²) < 4.78 is 61.6. The minimum absolute atomic E-state index is 0.0185. The Balaban J connectivity index is 2.92. The quantitative estimate of drug-likeness (QED) is 0.840. The molecule has 2 amide bonds. The van der Waals surface area contributed by atoms with E-state index in [1.54, 1.807) is 6.92 Å². The van der Waals surface area contributed by atoms with Crippen LogP contribution in [0.15, 0.2) is 24.3 Å². The Hall–Kier alpha value is -2.19. The van der Waals surface area contributed by atoms with E-state index in [4.69, 9.17) is 0 Å². The largest absolute Gasteiger partial charge is 0.463 e. The summed E-state index contributed by atoms with van der Waals surface area (Å²) in [5, 5.41) is 3.85. The monoisotopic (exact) mass is 310 g/mol. The highest BCUT2D eigenvalue weighted by Crippen LogP contribution is 2.36. The molecule has 0 unspecified atom stereocenters. The molecule has 0 bridgehead atoms. The average Bonchev–Trinajstić information content (AvgIpc) is 2.38. The minimum Gasteiger partial charge on any atom is -0.352 e. The van der Waals surface area contributed by atoms with Crippen LogP contribution in [0.25, 0.3) is 0 Å². The fourth-order valence-corrected chi connectivity index (χ4v) is 1.34. The van der Waals surface area contributed by atoms with Crippen LogP contribution in [-0.2, 0) is 4.79 Å². The molecular formula is C12H11F5N2O2. The normalized spacial score (nSPS) is 11.9. The van der Waals surface area contributed by atoms with Crippen molar-refractivity contribution in [3.8, 4) is 0 Å². The molecule has 2 N–H and O–H groups in total. The van der Waals surface area contributed by atoms with Crippen LogP contribution in [0.1, 0.15) is 17.3 Å². The molecule has 0 fully saturated rings. The zero-order valence-electron chi connectivity index (χ0n) is 10.7. The van der Waals surface area contributed by atoms with Crippen LogP contribution < -0.4 is 10.6 Å². The Morgan fingerprint density at radius 3 is 2.29 bits per heavy atom. The number of amides is 2. The number of alkyl halides is 5. The van der Waals surface area contributed by atoms with Crippen LogP contribution in [0.3, 0.4) is 0 Å². The molecule has 1 aromatic rings. The maximum atomic E-state index is 12.8. The lowest BCUT2D eigenvalue weighted by Gasteiger charge is -2.18. The van der Waals surface area contributed by atoms with Crippen molar-refractivity contribution in [3.63, 3.8) is 0 Å². The standard InChI is InChI=1S/C12H11F5N2O2/c1-2-18-9(20)7-4-3-5-8(6-7)19-10(21)11(13,14)12(15,16)17/h3-6H,2H2,1H3,(H,18,20)(H,19,21). The summed E-state index contributed by atoms with van der Waals surface area (Å²) in [6, 6.07) is 4.65. The fourth-order valence-electron chi connectivity index (χ4n) is 1.34. The molecule has 4 nitrogen and oxygen atoms in total. The van der Waals surface area contributed by atoms with Gasteiger partial charge in [0.15, 0.2) is 0 Å². The Morgan fingerprint density at radius 1 is 1.14 bits per heavy atom. The summed E-state index contributed by atoms with van der Waals surface area (Å²) in [7, 11) is 0. The van der Waals surface area contributed by atoms with Gasteiger partial charge < -0.3 is 10.6 Å². The SMILES string of the molecule is CCNC(=O)c1cccc(NC(=O)C(F)(F)C(F)(F)F)c1. The van der Waals surface area contributed by atoms with Gasteiger partial charge in [0, 0.05) is 17.8 Å². The van der Waals surface area contributed by atoms with Gasteiger partial charge in [0.1, 0.15) is 0 Å². The first-order chi connectivity index (χ1) is 9.59. The molecule has 0 atom stereocenters. The summed E-state index contributed by atoms with van der Waals surface area (Å²) in [5.41, 5.74) is -0.322. The Kier molecular flexibility index (Phi) is 4.87. The molecule has 0 aliphatic rings. The van der Waals surface area contributed by atoms with Crippen LogP contribution in [0.4, 0.5) is 27.6 Å². The van der Waals surface area contributed by atoms with Crippen LogP contribution in [0.5, 0.6) is 0 Å². The van der Waals surface area contributed by atoms with Gasteiger partial charge in [-0.3, -0.25) is 9.59 Å². The third-order valence-electron chi connectivity index (χ3n) is 2.36. The number of hydrogen-bond acceptors (Lipinski definition) is 2. The van der Waals surface area contributed by atoms with E-state index in [0.717, 1.165) is 12.1 Å². The highest BCUT2D eigenvalue weighted by atomic mass is 19.4. The number of carbonyl (C=O) groups is 2. The van der Waals surface area contributed by atoms with Crippen molar-refractivity contribution in [1.82, 2.24) is 5.32 Å². The van der Waals surface area contributed by atoms with Gasteiger partial charge in [0.05, 0.1) is 0 Å². The van der Waals surface area contributed by atoms with Crippen LogP contribution in [0, 0.1) is 0 Å². The number of rotatable bonds is 4. The van der Waals surface area contributed by atoms with Crippen LogP contribution in [-0.4, -0.2) is 30.5 Å². The average molecular weight is 310 g/mol. The molecule has 0 saturated carbocycles. The zero-order chi connectivity index (χ0) is 16.3. The molecule has 116 valence electrons. The summed E-state index contributed by atoms with van der Waals surface area (Å²) in [4.78, 5) is 22.5. The molecule has 0 spiro atoms. The van der Waals surface area contributed by atoms with Gasteiger partial charge in [-0.05, 0) is 25.1 Å². The minimum atomic E-state index is -5.99. The van der Waals surface area contributed by atoms with E-state index >= 15 is 0 Å². The number of nitrogens with one attached hydrogen (secondary N) is 2. The van der Waals surface area contributed by atoms with Crippen LogP contribution in [0.2, 0.25) is 0 Å². The summed E-state index contributed by atoms with van der Waals surface area (Å²) in [6.07, 6.45) is -5.99. The van der Waals surface area contributed by atoms with E-state index in [9.17, 15) is 31.5 Å². The summed E-state index contributed by atoms with van der Waals surface area (Å²) in [5.74, 6) is -8.58. The second-order valence-corrected chi connectivity index (χ2v) is 3.97. The fraction of sp³-hybridized carbons (Fsp3) is 0.333. The van der Waals surface area contributed by atoms with Gasteiger partial charge in [-0.25, -0.2) is 0 Å². The van der Waals surface area contributed by atoms with Gasteiger partial charge >= 0.3 is 18.0 Å². The maximum absolute atomic E-state index is 12.8. The lowest BCUT2D eigenvalue weighted by atomic mass is 10.2. The molecule has 0 saturated heterocycles. The Morgan fingerprint density at radius 2 is 1.76 bits per heavy atom. The number of anilines is 1. The number of hydrogen-bond donors (Lipinski definition) is 2. The van der Waals surface area contributed by atoms with E-state index < -0.39 is 23.9 Å². The molecule has 21 heavy (non-hydrogen) atoms. The predicted molar refractivity (Wildman–Crippen MR) is 64.1 cm³/mol. The van der Waals surface area contributed by atoms with E-state index in [1.807, 2.05) is 0 Å².